The summed E-state index contributed by atoms with van der Waals surface area (Å²) in [5, 5.41) is 8.49. The van der Waals surface area contributed by atoms with Crippen LogP contribution in [0.25, 0.3) is 0 Å². The Morgan fingerprint density at radius 1 is 1.42 bits per heavy atom. The third-order valence-electron chi connectivity index (χ3n) is 3.39. The van der Waals surface area contributed by atoms with E-state index >= 15 is 0 Å². The highest BCUT2D eigenvalue weighted by Crippen LogP contribution is 2.47. The van der Waals surface area contributed by atoms with Gasteiger partial charge in [-0.15, -0.1) is 0 Å². The van der Waals surface area contributed by atoms with Gasteiger partial charge in [0.05, 0.1) is 5.92 Å². The molecule has 2 rings (SSSR count). The number of fused-ring (bicyclic) bond motifs is 2. The van der Waals surface area contributed by atoms with Crippen molar-refractivity contribution in [2.24, 2.45) is 23.5 Å². The molecular weight excluding hydrogens is 156 g/mol. The second-order valence-corrected chi connectivity index (χ2v) is 3.91. The molecule has 0 aromatic rings. The largest absolute Gasteiger partial charge is 0.327 e. The number of carbonyl (C=O) groups is 1. The maximum atomic E-state index is 11.2. The number of hydrogen-bond acceptors (Lipinski definition) is 3. The maximum absolute atomic E-state index is 11.2. The van der Waals surface area contributed by atoms with Gasteiger partial charge in [-0.3, -0.25) is 10.0 Å². The third-order valence-corrected chi connectivity index (χ3v) is 3.39. The van der Waals surface area contributed by atoms with Crippen LogP contribution >= 0.6 is 0 Å². The van der Waals surface area contributed by atoms with Crippen molar-refractivity contribution >= 4 is 5.91 Å². The SMILES string of the molecule is NC1C2CCC(C2)C1C(=O)NO. The fourth-order valence-electron chi connectivity index (χ4n) is 2.80. The van der Waals surface area contributed by atoms with Gasteiger partial charge < -0.3 is 5.73 Å². The Kier molecular flexibility index (Phi) is 1.81. The number of rotatable bonds is 1. The topological polar surface area (TPSA) is 75.4 Å². The summed E-state index contributed by atoms with van der Waals surface area (Å²) >= 11 is 0. The zero-order chi connectivity index (χ0) is 8.72. The van der Waals surface area contributed by atoms with Crippen molar-refractivity contribution in [2.45, 2.75) is 25.3 Å². The molecule has 2 saturated carbocycles. The molecule has 4 nitrogen and oxygen atoms in total. The molecule has 0 aromatic carbocycles. The Balaban J connectivity index is 2.12. The summed E-state index contributed by atoms with van der Waals surface area (Å²) in [5.74, 6) is 0.484. The molecule has 0 aromatic heterocycles. The van der Waals surface area contributed by atoms with Gasteiger partial charge >= 0.3 is 0 Å². The van der Waals surface area contributed by atoms with Crippen molar-refractivity contribution < 1.29 is 10.0 Å². The molecule has 0 saturated heterocycles. The second kappa shape index (κ2) is 2.71. The molecule has 4 heteroatoms. The van der Waals surface area contributed by atoms with Crippen LogP contribution in [0.4, 0.5) is 0 Å². The standard InChI is InChI=1S/C8H14N2O2/c9-7-5-2-1-4(3-5)6(7)8(11)10-12/h4-7,12H,1-3,9H2,(H,10,11). The van der Waals surface area contributed by atoms with E-state index in [9.17, 15) is 4.79 Å². The fraction of sp³-hybridized carbons (Fsp3) is 0.875. The molecule has 0 aliphatic heterocycles. The lowest BCUT2D eigenvalue weighted by atomic mass is 9.84. The molecule has 2 fully saturated rings. The zero-order valence-electron chi connectivity index (χ0n) is 6.86. The van der Waals surface area contributed by atoms with E-state index in [0.29, 0.717) is 11.8 Å². The van der Waals surface area contributed by atoms with Gasteiger partial charge in [0.2, 0.25) is 5.91 Å². The van der Waals surface area contributed by atoms with Crippen LogP contribution < -0.4 is 11.2 Å². The summed E-state index contributed by atoms with van der Waals surface area (Å²) in [6.07, 6.45) is 3.32. The molecule has 4 atom stereocenters. The summed E-state index contributed by atoms with van der Waals surface area (Å²) in [5.41, 5.74) is 7.57. The zero-order valence-corrected chi connectivity index (χ0v) is 6.86. The van der Waals surface area contributed by atoms with Gasteiger partial charge in [0.15, 0.2) is 0 Å². The summed E-state index contributed by atoms with van der Waals surface area (Å²) < 4.78 is 0. The molecule has 0 heterocycles. The highest BCUT2D eigenvalue weighted by molar-refractivity contribution is 5.79. The van der Waals surface area contributed by atoms with E-state index in [2.05, 4.69) is 0 Å². The minimum Gasteiger partial charge on any atom is -0.327 e. The predicted octanol–water partition coefficient (Wildman–Crippen LogP) is -0.135. The highest BCUT2D eigenvalue weighted by Gasteiger charge is 2.48. The first kappa shape index (κ1) is 8.01. The lowest BCUT2D eigenvalue weighted by molar-refractivity contribution is -0.135. The van der Waals surface area contributed by atoms with Gasteiger partial charge in [-0.2, -0.15) is 0 Å². The van der Waals surface area contributed by atoms with Crippen LogP contribution in [0.2, 0.25) is 0 Å². The average Bonchev–Trinajstić information content (AvgIpc) is 2.63. The molecule has 1 amide bonds. The Morgan fingerprint density at radius 2 is 2.08 bits per heavy atom. The Bertz CT molecular complexity index is 205. The van der Waals surface area contributed by atoms with Crippen molar-refractivity contribution in [3.8, 4) is 0 Å². The number of carbonyl (C=O) groups excluding carboxylic acids is 1. The molecule has 0 spiro atoms. The first-order valence-electron chi connectivity index (χ1n) is 4.43. The number of hydrogen-bond donors (Lipinski definition) is 3. The molecule has 12 heavy (non-hydrogen) atoms. The number of hydroxylamine groups is 1. The van der Waals surface area contributed by atoms with Crippen molar-refractivity contribution in [3.63, 3.8) is 0 Å². The van der Waals surface area contributed by atoms with Crippen LogP contribution in [-0.2, 0) is 4.79 Å². The van der Waals surface area contributed by atoms with Gasteiger partial charge in [0.25, 0.3) is 0 Å². The van der Waals surface area contributed by atoms with Crippen LogP contribution in [0.5, 0.6) is 0 Å². The van der Waals surface area contributed by atoms with Gasteiger partial charge in [-0.25, -0.2) is 5.48 Å². The van der Waals surface area contributed by atoms with Crippen molar-refractivity contribution in [1.29, 1.82) is 0 Å². The number of nitrogens with two attached hydrogens (primary N) is 1. The minimum absolute atomic E-state index is 0.0316. The highest BCUT2D eigenvalue weighted by atomic mass is 16.5. The van der Waals surface area contributed by atoms with Crippen LogP contribution in [-0.4, -0.2) is 17.2 Å². The first-order chi connectivity index (χ1) is 5.74. The average molecular weight is 170 g/mol. The van der Waals surface area contributed by atoms with Gasteiger partial charge in [-0.05, 0) is 31.1 Å². The molecule has 2 bridgehead atoms. The molecule has 4 unspecified atom stereocenters. The van der Waals surface area contributed by atoms with Crippen molar-refractivity contribution in [1.82, 2.24) is 5.48 Å². The number of amides is 1. The maximum Gasteiger partial charge on any atom is 0.248 e. The van der Waals surface area contributed by atoms with Crippen molar-refractivity contribution in [3.05, 3.63) is 0 Å². The summed E-state index contributed by atoms with van der Waals surface area (Å²) in [4.78, 5) is 11.2. The molecule has 0 radical (unpaired) electrons. The molecule has 4 N–H and O–H groups in total. The first-order valence-corrected chi connectivity index (χ1v) is 4.43. The van der Waals surface area contributed by atoms with E-state index in [1.54, 1.807) is 5.48 Å². The lowest BCUT2D eigenvalue weighted by Crippen LogP contribution is -2.44. The van der Waals surface area contributed by atoms with E-state index < -0.39 is 0 Å². The van der Waals surface area contributed by atoms with Crippen molar-refractivity contribution in [2.75, 3.05) is 0 Å². The quantitative estimate of drug-likeness (QED) is 0.379. The van der Waals surface area contributed by atoms with Crippen LogP contribution in [0, 0.1) is 17.8 Å². The molecular formula is C8H14N2O2. The van der Waals surface area contributed by atoms with Crippen LogP contribution in [0.1, 0.15) is 19.3 Å². The van der Waals surface area contributed by atoms with Crippen LogP contribution in [0.3, 0.4) is 0 Å². The molecule has 2 aliphatic rings. The Morgan fingerprint density at radius 3 is 2.58 bits per heavy atom. The Hall–Kier alpha value is -0.610. The fourth-order valence-corrected chi connectivity index (χ4v) is 2.80. The Labute approximate surface area is 71.1 Å². The summed E-state index contributed by atoms with van der Waals surface area (Å²) in [6.45, 7) is 0. The predicted molar refractivity (Wildman–Crippen MR) is 42.2 cm³/mol. The molecule has 68 valence electrons. The summed E-state index contributed by atoms with van der Waals surface area (Å²) in [7, 11) is 0. The second-order valence-electron chi connectivity index (χ2n) is 3.91. The third kappa shape index (κ3) is 0.949. The lowest BCUT2D eigenvalue weighted by Gasteiger charge is -2.25. The van der Waals surface area contributed by atoms with E-state index in [0.717, 1.165) is 19.3 Å². The minimum atomic E-state index is -0.297. The van der Waals surface area contributed by atoms with Gasteiger partial charge in [0.1, 0.15) is 0 Å². The van der Waals surface area contributed by atoms with E-state index in [1.807, 2.05) is 0 Å². The van der Waals surface area contributed by atoms with Gasteiger partial charge in [-0.1, -0.05) is 0 Å². The molecule has 2 aliphatic carbocycles. The van der Waals surface area contributed by atoms with E-state index in [-0.39, 0.29) is 17.9 Å². The van der Waals surface area contributed by atoms with E-state index in [1.165, 1.54) is 0 Å². The summed E-state index contributed by atoms with van der Waals surface area (Å²) in [6, 6.07) is -0.0316. The normalized spacial score (nSPS) is 44.8. The smallest absolute Gasteiger partial charge is 0.248 e. The monoisotopic (exact) mass is 170 g/mol. The van der Waals surface area contributed by atoms with E-state index in [4.69, 9.17) is 10.9 Å². The van der Waals surface area contributed by atoms with Crippen LogP contribution in [0.15, 0.2) is 0 Å². The van der Waals surface area contributed by atoms with Gasteiger partial charge in [0, 0.05) is 6.04 Å². The number of nitrogens with one attached hydrogen (secondary N) is 1.